The SMILES string of the molecule is O=C(O)c1cc(F)ccc1Nc1ccc(F)cc1C(=O)O. The fraction of sp³-hybridized carbons (Fsp3) is 0. The Kier molecular flexibility index (Phi) is 3.84. The van der Waals surface area contributed by atoms with Crippen LogP contribution in [0.5, 0.6) is 0 Å². The maximum Gasteiger partial charge on any atom is 0.337 e. The molecule has 21 heavy (non-hydrogen) atoms. The molecule has 0 bridgehead atoms. The zero-order valence-electron chi connectivity index (χ0n) is 10.4. The smallest absolute Gasteiger partial charge is 0.337 e. The molecule has 3 N–H and O–H groups in total. The van der Waals surface area contributed by atoms with Crippen molar-refractivity contribution < 1.29 is 28.6 Å². The Morgan fingerprint density at radius 2 is 1.19 bits per heavy atom. The van der Waals surface area contributed by atoms with Crippen LogP contribution in [0.3, 0.4) is 0 Å². The van der Waals surface area contributed by atoms with E-state index in [2.05, 4.69) is 5.32 Å². The number of hydrogen-bond acceptors (Lipinski definition) is 3. The highest BCUT2D eigenvalue weighted by Gasteiger charge is 2.15. The Balaban J connectivity index is 2.48. The minimum atomic E-state index is -1.38. The van der Waals surface area contributed by atoms with Gasteiger partial charge >= 0.3 is 11.9 Å². The minimum absolute atomic E-state index is 0.00184. The standard InChI is InChI=1S/C14H9F2NO4/c15-7-1-3-11(9(5-7)13(18)19)17-12-4-2-8(16)6-10(12)14(20)21/h1-6,17H,(H,18,19)(H,20,21). The van der Waals surface area contributed by atoms with E-state index in [1.165, 1.54) is 0 Å². The predicted octanol–water partition coefficient (Wildman–Crippen LogP) is 3.10. The van der Waals surface area contributed by atoms with Crippen molar-refractivity contribution in [2.45, 2.75) is 0 Å². The molecule has 0 amide bonds. The van der Waals surface area contributed by atoms with E-state index in [0.717, 1.165) is 36.4 Å². The maximum absolute atomic E-state index is 13.1. The number of carboxylic acids is 2. The van der Waals surface area contributed by atoms with Crippen molar-refractivity contribution in [1.82, 2.24) is 0 Å². The Bertz CT molecular complexity index is 669. The van der Waals surface area contributed by atoms with Gasteiger partial charge in [-0.3, -0.25) is 0 Å². The molecule has 0 spiro atoms. The van der Waals surface area contributed by atoms with Gasteiger partial charge in [-0.15, -0.1) is 0 Å². The molecular weight excluding hydrogens is 284 g/mol. The summed E-state index contributed by atoms with van der Waals surface area (Å²) in [5, 5.41) is 20.6. The zero-order chi connectivity index (χ0) is 15.6. The van der Waals surface area contributed by atoms with Gasteiger partial charge in [0.1, 0.15) is 11.6 Å². The number of hydrogen-bond donors (Lipinski definition) is 3. The third-order valence-electron chi connectivity index (χ3n) is 2.69. The molecule has 2 aromatic rings. The Morgan fingerprint density at radius 1 is 0.810 bits per heavy atom. The highest BCUT2D eigenvalue weighted by atomic mass is 19.1. The molecule has 0 unspecified atom stereocenters. The number of nitrogens with one attached hydrogen (secondary N) is 1. The topological polar surface area (TPSA) is 86.6 Å². The number of rotatable bonds is 4. The lowest BCUT2D eigenvalue weighted by Gasteiger charge is -2.12. The summed E-state index contributed by atoms with van der Waals surface area (Å²) in [4.78, 5) is 22.1. The van der Waals surface area contributed by atoms with Gasteiger partial charge in [0, 0.05) is 0 Å². The van der Waals surface area contributed by atoms with Crippen molar-refractivity contribution in [2.24, 2.45) is 0 Å². The van der Waals surface area contributed by atoms with Crippen LogP contribution in [0.25, 0.3) is 0 Å². The van der Waals surface area contributed by atoms with E-state index >= 15 is 0 Å². The summed E-state index contributed by atoms with van der Waals surface area (Å²) in [6.45, 7) is 0. The normalized spacial score (nSPS) is 10.2. The fourth-order valence-corrected chi connectivity index (χ4v) is 1.75. The van der Waals surface area contributed by atoms with Crippen LogP contribution in [0.1, 0.15) is 20.7 Å². The predicted molar refractivity (Wildman–Crippen MR) is 70.0 cm³/mol. The average molecular weight is 293 g/mol. The molecule has 0 aliphatic heterocycles. The number of anilines is 2. The first kappa shape index (κ1) is 14.4. The fourth-order valence-electron chi connectivity index (χ4n) is 1.75. The van der Waals surface area contributed by atoms with Crippen molar-refractivity contribution in [3.8, 4) is 0 Å². The van der Waals surface area contributed by atoms with Gasteiger partial charge in [-0.1, -0.05) is 0 Å². The van der Waals surface area contributed by atoms with E-state index < -0.39 is 23.6 Å². The van der Waals surface area contributed by atoms with E-state index in [9.17, 15) is 18.4 Å². The number of benzene rings is 2. The molecule has 7 heteroatoms. The second-order valence-corrected chi connectivity index (χ2v) is 4.12. The van der Waals surface area contributed by atoms with Crippen LogP contribution in [-0.4, -0.2) is 22.2 Å². The molecule has 0 atom stereocenters. The summed E-state index contributed by atoms with van der Waals surface area (Å²) in [6.07, 6.45) is 0. The first-order valence-corrected chi connectivity index (χ1v) is 5.71. The number of carbonyl (C=O) groups is 2. The second-order valence-electron chi connectivity index (χ2n) is 4.12. The monoisotopic (exact) mass is 293 g/mol. The third kappa shape index (κ3) is 3.14. The van der Waals surface area contributed by atoms with Gasteiger partial charge in [-0.05, 0) is 36.4 Å². The molecule has 5 nitrogen and oxygen atoms in total. The largest absolute Gasteiger partial charge is 0.478 e. The molecule has 0 aliphatic rings. The van der Waals surface area contributed by atoms with Crippen LogP contribution in [0.2, 0.25) is 0 Å². The Hall–Kier alpha value is -2.96. The summed E-state index contributed by atoms with van der Waals surface area (Å²) in [5.41, 5.74) is -0.734. The van der Waals surface area contributed by atoms with E-state index in [1.807, 2.05) is 0 Å². The first-order valence-electron chi connectivity index (χ1n) is 5.71. The van der Waals surface area contributed by atoms with Crippen molar-refractivity contribution in [2.75, 3.05) is 5.32 Å². The minimum Gasteiger partial charge on any atom is -0.478 e. The molecule has 0 saturated heterocycles. The highest BCUT2D eigenvalue weighted by molar-refractivity contribution is 5.98. The lowest BCUT2D eigenvalue weighted by molar-refractivity contribution is 0.0687. The molecule has 108 valence electrons. The maximum atomic E-state index is 13.1. The van der Waals surface area contributed by atoms with Crippen LogP contribution < -0.4 is 5.32 Å². The van der Waals surface area contributed by atoms with Gasteiger partial charge in [0.05, 0.1) is 22.5 Å². The lowest BCUT2D eigenvalue weighted by Crippen LogP contribution is -2.07. The van der Waals surface area contributed by atoms with Crippen LogP contribution in [0, 0.1) is 11.6 Å². The molecule has 0 aromatic heterocycles. The average Bonchev–Trinajstić information content (AvgIpc) is 2.42. The summed E-state index contributed by atoms with van der Waals surface area (Å²) in [7, 11) is 0. The van der Waals surface area contributed by atoms with Crippen molar-refractivity contribution >= 4 is 23.3 Å². The van der Waals surface area contributed by atoms with Crippen molar-refractivity contribution in [3.05, 3.63) is 59.2 Å². The van der Waals surface area contributed by atoms with Crippen LogP contribution in [0.4, 0.5) is 20.2 Å². The van der Waals surface area contributed by atoms with Crippen LogP contribution >= 0.6 is 0 Å². The van der Waals surface area contributed by atoms with E-state index in [-0.39, 0.29) is 22.5 Å². The summed E-state index contributed by atoms with van der Waals surface area (Å²) >= 11 is 0. The van der Waals surface area contributed by atoms with Gasteiger partial charge < -0.3 is 15.5 Å². The van der Waals surface area contributed by atoms with E-state index in [0.29, 0.717) is 0 Å². The van der Waals surface area contributed by atoms with E-state index in [1.54, 1.807) is 0 Å². The molecular formula is C14H9F2NO4. The van der Waals surface area contributed by atoms with Crippen LogP contribution in [0.15, 0.2) is 36.4 Å². The Morgan fingerprint density at radius 3 is 1.52 bits per heavy atom. The summed E-state index contributed by atoms with van der Waals surface area (Å²) < 4.78 is 26.1. The van der Waals surface area contributed by atoms with Crippen LogP contribution in [-0.2, 0) is 0 Å². The molecule has 0 heterocycles. The Labute approximate surface area is 117 Å². The van der Waals surface area contributed by atoms with Gasteiger partial charge in [0.25, 0.3) is 0 Å². The van der Waals surface area contributed by atoms with E-state index in [4.69, 9.17) is 10.2 Å². The third-order valence-corrected chi connectivity index (χ3v) is 2.69. The van der Waals surface area contributed by atoms with Gasteiger partial charge in [0.2, 0.25) is 0 Å². The molecule has 0 aliphatic carbocycles. The molecule has 0 saturated carbocycles. The second kappa shape index (κ2) is 5.58. The molecule has 2 aromatic carbocycles. The summed E-state index contributed by atoms with van der Waals surface area (Å²) in [6, 6.07) is 5.97. The van der Waals surface area contributed by atoms with Gasteiger partial charge in [-0.25, -0.2) is 18.4 Å². The summed E-state index contributed by atoms with van der Waals surface area (Å²) in [5.74, 6) is -4.24. The highest BCUT2D eigenvalue weighted by Crippen LogP contribution is 2.25. The number of aromatic carboxylic acids is 2. The number of halogens is 2. The van der Waals surface area contributed by atoms with Gasteiger partial charge in [-0.2, -0.15) is 0 Å². The zero-order valence-corrected chi connectivity index (χ0v) is 10.4. The first-order chi connectivity index (χ1) is 9.88. The molecule has 0 radical (unpaired) electrons. The van der Waals surface area contributed by atoms with Gasteiger partial charge in [0.15, 0.2) is 0 Å². The lowest BCUT2D eigenvalue weighted by atomic mass is 10.1. The molecule has 2 rings (SSSR count). The van der Waals surface area contributed by atoms with Crippen molar-refractivity contribution in [1.29, 1.82) is 0 Å². The quantitative estimate of drug-likeness (QED) is 0.806. The number of carboxylic acid groups (broad SMARTS) is 2. The molecule has 0 fully saturated rings. The van der Waals surface area contributed by atoms with Crippen molar-refractivity contribution in [3.63, 3.8) is 0 Å².